The summed E-state index contributed by atoms with van der Waals surface area (Å²) in [4.78, 5) is 3.56. The topological polar surface area (TPSA) is 18.8 Å². The number of aryl methyl sites for hydroxylation is 2. The minimum absolute atomic E-state index is 0.741. The maximum absolute atomic E-state index is 4.85. The molecule has 3 nitrogen and oxygen atoms in total. The number of thiophene rings is 1. The molecule has 1 heterocycles. The standard InChI is InChI=1S/C32H29N3S/c1-25-10-16-29(17-11-25)35(30-18-12-26(2)13-19-30)31-20-14-27(15-21-31)23-33-34(24-32-9-6-22-36-32)28-7-4-3-5-8-28/h3-23H,24H2,1-2H3. The van der Waals surface area contributed by atoms with Crippen LogP contribution in [0.15, 0.2) is 126 Å². The van der Waals surface area contributed by atoms with Crippen LogP contribution in [0.4, 0.5) is 22.7 Å². The van der Waals surface area contributed by atoms with E-state index in [2.05, 4.69) is 121 Å². The molecule has 0 aliphatic carbocycles. The third kappa shape index (κ3) is 5.73. The zero-order valence-corrected chi connectivity index (χ0v) is 21.4. The second-order valence-electron chi connectivity index (χ2n) is 8.82. The molecule has 1 aromatic heterocycles. The first-order chi connectivity index (χ1) is 17.7. The second-order valence-corrected chi connectivity index (χ2v) is 9.85. The summed E-state index contributed by atoms with van der Waals surface area (Å²) in [6.07, 6.45) is 1.94. The van der Waals surface area contributed by atoms with Crippen molar-refractivity contribution in [3.63, 3.8) is 0 Å². The quantitative estimate of drug-likeness (QED) is 0.161. The van der Waals surface area contributed by atoms with Crippen molar-refractivity contribution in [2.24, 2.45) is 5.10 Å². The number of para-hydroxylation sites is 1. The largest absolute Gasteiger partial charge is 0.311 e. The lowest BCUT2D eigenvalue weighted by Crippen LogP contribution is -2.15. The lowest BCUT2D eigenvalue weighted by atomic mass is 10.1. The predicted molar refractivity (Wildman–Crippen MR) is 155 cm³/mol. The highest BCUT2D eigenvalue weighted by Gasteiger charge is 2.12. The van der Waals surface area contributed by atoms with E-state index >= 15 is 0 Å². The highest BCUT2D eigenvalue weighted by molar-refractivity contribution is 7.09. The van der Waals surface area contributed by atoms with E-state index in [4.69, 9.17) is 5.10 Å². The Labute approximate surface area is 217 Å². The van der Waals surface area contributed by atoms with Crippen LogP contribution in [0.5, 0.6) is 0 Å². The van der Waals surface area contributed by atoms with Gasteiger partial charge < -0.3 is 4.90 Å². The van der Waals surface area contributed by atoms with E-state index in [-0.39, 0.29) is 0 Å². The van der Waals surface area contributed by atoms with Crippen molar-refractivity contribution >= 4 is 40.3 Å². The summed E-state index contributed by atoms with van der Waals surface area (Å²) in [5.41, 5.74) is 8.01. The van der Waals surface area contributed by atoms with Gasteiger partial charge in [-0.25, -0.2) is 0 Å². The van der Waals surface area contributed by atoms with Gasteiger partial charge in [0, 0.05) is 21.9 Å². The minimum atomic E-state index is 0.741. The van der Waals surface area contributed by atoms with Crippen molar-refractivity contribution in [1.29, 1.82) is 0 Å². The van der Waals surface area contributed by atoms with E-state index in [1.165, 1.54) is 16.0 Å². The summed E-state index contributed by atoms with van der Waals surface area (Å²) in [7, 11) is 0. The number of hydrazone groups is 1. The Morgan fingerprint density at radius 2 is 1.17 bits per heavy atom. The molecule has 4 heteroatoms. The molecular formula is C32H29N3S. The van der Waals surface area contributed by atoms with Crippen LogP contribution in [0.3, 0.4) is 0 Å². The Balaban J connectivity index is 1.42. The van der Waals surface area contributed by atoms with Crippen molar-refractivity contribution < 1.29 is 0 Å². The van der Waals surface area contributed by atoms with Crippen LogP contribution in [-0.4, -0.2) is 6.21 Å². The van der Waals surface area contributed by atoms with Crippen LogP contribution in [0.2, 0.25) is 0 Å². The van der Waals surface area contributed by atoms with Gasteiger partial charge in [0.2, 0.25) is 0 Å². The Morgan fingerprint density at radius 1 is 0.611 bits per heavy atom. The van der Waals surface area contributed by atoms with Crippen molar-refractivity contribution in [2.75, 3.05) is 9.91 Å². The first-order valence-electron chi connectivity index (χ1n) is 12.1. The zero-order chi connectivity index (χ0) is 24.7. The Hall–Kier alpha value is -4.15. The fraction of sp³-hybridized carbons (Fsp3) is 0.0938. The molecule has 0 spiro atoms. The van der Waals surface area contributed by atoms with E-state index in [1.54, 1.807) is 11.3 Å². The molecular weight excluding hydrogens is 458 g/mol. The average molecular weight is 488 g/mol. The third-order valence-electron chi connectivity index (χ3n) is 6.02. The fourth-order valence-corrected chi connectivity index (χ4v) is 4.72. The summed E-state index contributed by atoms with van der Waals surface area (Å²) < 4.78 is 0. The monoisotopic (exact) mass is 487 g/mol. The molecule has 0 bridgehead atoms. The van der Waals surface area contributed by atoms with Gasteiger partial charge in [-0.1, -0.05) is 71.8 Å². The number of hydrogen-bond donors (Lipinski definition) is 0. The van der Waals surface area contributed by atoms with E-state index in [1.807, 2.05) is 29.4 Å². The zero-order valence-electron chi connectivity index (χ0n) is 20.6. The molecule has 178 valence electrons. The van der Waals surface area contributed by atoms with Crippen molar-refractivity contribution in [2.45, 2.75) is 20.4 Å². The molecule has 0 fully saturated rings. The lowest BCUT2D eigenvalue weighted by molar-refractivity contribution is 0.871. The highest BCUT2D eigenvalue weighted by Crippen LogP contribution is 2.34. The van der Waals surface area contributed by atoms with Gasteiger partial charge in [0.15, 0.2) is 0 Å². The van der Waals surface area contributed by atoms with Crippen LogP contribution < -0.4 is 9.91 Å². The van der Waals surface area contributed by atoms with Gasteiger partial charge in [-0.3, -0.25) is 5.01 Å². The van der Waals surface area contributed by atoms with Gasteiger partial charge in [0.25, 0.3) is 0 Å². The predicted octanol–water partition coefficient (Wildman–Crippen LogP) is 8.88. The first kappa shape index (κ1) is 23.6. The Bertz CT molecular complexity index is 1340. The smallest absolute Gasteiger partial charge is 0.0759 e. The molecule has 0 radical (unpaired) electrons. The number of nitrogens with zero attached hydrogens (tertiary/aromatic N) is 3. The fourth-order valence-electron chi connectivity index (χ4n) is 4.03. The molecule has 0 unspecified atom stereocenters. The molecule has 36 heavy (non-hydrogen) atoms. The van der Waals surface area contributed by atoms with Crippen LogP contribution >= 0.6 is 11.3 Å². The summed E-state index contributed by atoms with van der Waals surface area (Å²) in [5, 5.41) is 9.00. The van der Waals surface area contributed by atoms with Gasteiger partial charge in [-0.15, -0.1) is 11.3 Å². The Morgan fingerprint density at radius 3 is 1.69 bits per heavy atom. The van der Waals surface area contributed by atoms with Crippen LogP contribution in [0.1, 0.15) is 21.6 Å². The SMILES string of the molecule is Cc1ccc(N(c2ccc(C)cc2)c2ccc(C=NN(Cc3cccs3)c3ccccc3)cc2)cc1. The number of benzene rings is 4. The first-order valence-corrected chi connectivity index (χ1v) is 13.0. The highest BCUT2D eigenvalue weighted by atomic mass is 32.1. The molecule has 0 aliphatic heterocycles. The molecule has 0 amide bonds. The van der Waals surface area contributed by atoms with Crippen molar-refractivity contribution in [3.8, 4) is 0 Å². The van der Waals surface area contributed by atoms with Gasteiger partial charge >= 0.3 is 0 Å². The summed E-state index contributed by atoms with van der Waals surface area (Å²) in [6.45, 7) is 4.97. The van der Waals surface area contributed by atoms with Gasteiger partial charge in [0.05, 0.1) is 18.4 Å². The van der Waals surface area contributed by atoms with Gasteiger partial charge in [-0.2, -0.15) is 5.10 Å². The molecule has 0 N–H and O–H groups in total. The molecule has 0 saturated heterocycles. The van der Waals surface area contributed by atoms with Crippen LogP contribution in [0.25, 0.3) is 0 Å². The lowest BCUT2D eigenvalue weighted by Gasteiger charge is -2.26. The van der Waals surface area contributed by atoms with Crippen LogP contribution in [0, 0.1) is 13.8 Å². The molecule has 0 atom stereocenters. The molecule has 0 saturated carbocycles. The van der Waals surface area contributed by atoms with E-state index < -0.39 is 0 Å². The molecule has 0 aliphatic rings. The van der Waals surface area contributed by atoms with Crippen LogP contribution in [-0.2, 0) is 6.54 Å². The summed E-state index contributed by atoms with van der Waals surface area (Å²) in [5.74, 6) is 0. The summed E-state index contributed by atoms with van der Waals surface area (Å²) in [6, 6.07) is 40.4. The maximum Gasteiger partial charge on any atom is 0.0759 e. The van der Waals surface area contributed by atoms with E-state index in [0.29, 0.717) is 0 Å². The second kappa shape index (κ2) is 11.1. The molecule has 5 aromatic rings. The molecule has 5 rings (SSSR count). The number of anilines is 4. The van der Waals surface area contributed by atoms with E-state index in [9.17, 15) is 0 Å². The van der Waals surface area contributed by atoms with Crippen molar-refractivity contribution in [1.82, 2.24) is 0 Å². The van der Waals surface area contributed by atoms with Crippen molar-refractivity contribution in [3.05, 3.63) is 142 Å². The maximum atomic E-state index is 4.85. The number of rotatable bonds is 8. The number of hydrogen-bond acceptors (Lipinski definition) is 4. The normalized spacial score (nSPS) is 11.1. The molecule has 4 aromatic carbocycles. The third-order valence-corrected chi connectivity index (χ3v) is 6.88. The Kier molecular flexibility index (Phi) is 7.25. The summed E-state index contributed by atoms with van der Waals surface area (Å²) >= 11 is 1.75. The minimum Gasteiger partial charge on any atom is -0.311 e. The van der Waals surface area contributed by atoms with E-state index in [0.717, 1.165) is 34.9 Å². The van der Waals surface area contributed by atoms with Gasteiger partial charge in [0.1, 0.15) is 0 Å². The average Bonchev–Trinajstić information content (AvgIpc) is 3.43. The van der Waals surface area contributed by atoms with Gasteiger partial charge in [-0.05, 0) is 79.4 Å².